The Bertz CT molecular complexity index is 1180. The third-order valence-electron chi connectivity index (χ3n) is 4.93. The summed E-state index contributed by atoms with van der Waals surface area (Å²) in [6.45, 7) is 2.33. The van der Waals surface area contributed by atoms with E-state index in [1.807, 2.05) is 4.90 Å². The predicted octanol–water partition coefficient (Wildman–Crippen LogP) is 1.89. The van der Waals surface area contributed by atoms with Crippen molar-refractivity contribution in [2.24, 2.45) is 0 Å². The molecule has 1 saturated heterocycles. The Hall–Kier alpha value is -3.34. The maximum atomic E-state index is 14.0. The molecule has 1 aliphatic heterocycles. The summed E-state index contributed by atoms with van der Waals surface area (Å²) in [4.78, 5) is 21.1. The summed E-state index contributed by atoms with van der Waals surface area (Å²) in [7, 11) is 1.50. The van der Waals surface area contributed by atoms with Gasteiger partial charge in [-0.15, -0.1) is 0 Å². The third kappa shape index (κ3) is 2.85. The number of H-pyrrole nitrogens is 2. The largest absolute Gasteiger partial charge is 0.493 e. The van der Waals surface area contributed by atoms with Crippen LogP contribution >= 0.6 is 0 Å². The number of benzene rings is 1. The van der Waals surface area contributed by atoms with Crippen molar-refractivity contribution in [1.82, 2.24) is 24.9 Å². The quantitative estimate of drug-likeness (QED) is 0.506. The summed E-state index contributed by atoms with van der Waals surface area (Å²) in [6, 6.07) is 5.19. The zero-order valence-corrected chi connectivity index (χ0v) is 15.5. The van der Waals surface area contributed by atoms with Gasteiger partial charge in [0.25, 0.3) is 11.6 Å². The van der Waals surface area contributed by atoms with Crippen molar-refractivity contribution >= 4 is 28.1 Å². The fourth-order valence-corrected chi connectivity index (χ4v) is 3.57. The fourth-order valence-electron chi connectivity index (χ4n) is 3.57. The number of morpholine rings is 1. The average molecular weight is 402 g/mol. The molecule has 150 valence electrons. The number of anilines is 1. The zero-order valence-electron chi connectivity index (χ0n) is 15.5. The molecule has 0 radical (unpaired) electrons. The van der Waals surface area contributed by atoms with Crippen LogP contribution in [-0.2, 0) is 4.74 Å². The highest BCUT2D eigenvalue weighted by Gasteiger charge is 2.32. The second kappa shape index (κ2) is 6.92. The average Bonchev–Trinajstić information content (AvgIpc) is 3.38. The molecule has 1 aromatic carbocycles. The van der Waals surface area contributed by atoms with Gasteiger partial charge in [0.05, 0.1) is 26.7 Å². The highest BCUT2D eigenvalue weighted by atomic mass is 19.3. The topological polar surface area (TPSA) is 95.8 Å². The van der Waals surface area contributed by atoms with E-state index in [0.717, 1.165) is 0 Å². The molecule has 0 amide bonds. The standard InChI is InChI=1S/C18H17F2N7O2/c1-28-11-4-2-3-10-12(11)23-17(14(19)20)27(10)16-13-15(22-9-21-13)24-18(25-16)26-5-7-29-8-6-26/h2-4,9,14H,5-8H2,1H3,(H,21,22,24,25)/p+1. The van der Waals surface area contributed by atoms with Crippen LogP contribution in [0.25, 0.3) is 28.0 Å². The fraction of sp³-hybridized carbons (Fsp3) is 0.333. The third-order valence-corrected chi connectivity index (χ3v) is 4.93. The van der Waals surface area contributed by atoms with E-state index < -0.39 is 6.43 Å². The number of imidazole rings is 2. The number of ether oxygens (including phenoxy) is 2. The predicted molar refractivity (Wildman–Crippen MR) is 99.6 cm³/mol. The van der Waals surface area contributed by atoms with Gasteiger partial charge in [-0.05, 0) is 12.1 Å². The Kier molecular flexibility index (Phi) is 4.23. The molecule has 4 heterocycles. The van der Waals surface area contributed by atoms with Gasteiger partial charge in [0.2, 0.25) is 0 Å². The SMILES string of the molecule is COc1cccc2c1[nH]c(C(F)F)[n+]2-c1nc(N2CCOCC2)nc2nc[nH]c12. The van der Waals surface area contributed by atoms with Gasteiger partial charge in [-0.1, -0.05) is 11.1 Å². The van der Waals surface area contributed by atoms with E-state index in [2.05, 4.69) is 24.9 Å². The van der Waals surface area contributed by atoms with E-state index in [1.54, 1.807) is 18.2 Å². The molecule has 0 atom stereocenters. The van der Waals surface area contributed by atoms with Crippen molar-refractivity contribution in [1.29, 1.82) is 0 Å². The van der Waals surface area contributed by atoms with Gasteiger partial charge < -0.3 is 19.4 Å². The van der Waals surface area contributed by atoms with Crippen LogP contribution in [0.5, 0.6) is 5.75 Å². The normalized spacial score (nSPS) is 15.0. The second-order valence-corrected chi connectivity index (χ2v) is 6.55. The monoisotopic (exact) mass is 402 g/mol. The van der Waals surface area contributed by atoms with Crippen LogP contribution < -0.4 is 14.2 Å². The highest BCUT2D eigenvalue weighted by Crippen LogP contribution is 2.28. The molecule has 29 heavy (non-hydrogen) atoms. The molecular weight excluding hydrogens is 384 g/mol. The van der Waals surface area contributed by atoms with Gasteiger partial charge in [0.15, 0.2) is 22.4 Å². The molecule has 9 nitrogen and oxygen atoms in total. The van der Waals surface area contributed by atoms with E-state index >= 15 is 0 Å². The molecular formula is C18H18F2N7O2+. The summed E-state index contributed by atoms with van der Waals surface area (Å²) in [6.07, 6.45) is -1.28. The van der Waals surface area contributed by atoms with Gasteiger partial charge in [0.1, 0.15) is 5.52 Å². The first-order valence-corrected chi connectivity index (χ1v) is 9.10. The second-order valence-electron chi connectivity index (χ2n) is 6.55. The van der Waals surface area contributed by atoms with Crippen molar-refractivity contribution in [2.75, 3.05) is 38.3 Å². The maximum Gasteiger partial charge on any atom is 0.322 e. The smallest absolute Gasteiger partial charge is 0.322 e. The van der Waals surface area contributed by atoms with Crippen molar-refractivity contribution in [3.05, 3.63) is 30.4 Å². The Morgan fingerprint density at radius 3 is 2.79 bits per heavy atom. The first-order valence-electron chi connectivity index (χ1n) is 9.10. The molecule has 1 fully saturated rings. The van der Waals surface area contributed by atoms with E-state index in [-0.39, 0.29) is 5.82 Å². The summed E-state index contributed by atoms with van der Waals surface area (Å²) >= 11 is 0. The van der Waals surface area contributed by atoms with Gasteiger partial charge in [0, 0.05) is 13.1 Å². The Balaban J connectivity index is 1.80. The van der Waals surface area contributed by atoms with Crippen LogP contribution in [-0.4, -0.2) is 58.3 Å². The highest BCUT2D eigenvalue weighted by molar-refractivity contribution is 5.82. The van der Waals surface area contributed by atoms with Crippen LogP contribution in [0.2, 0.25) is 0 Å². The van der Waals surface area contributed by atoms with Crippen LogP contribution in [0.15, 0.2) is 24.5 Å². The Morgan fingerprint density at radius 1 is 1.21 bits per heavy atom. The molecule has 0 saturated carbocycles. The molecule has 0 bridgehead atoms. The molecule has 4 aromatic rings. The lowest BCUT2D eigenvalue weighted by Crippen LogP contribution is -2.40. The molecule has 1 aliphatic rings. The van der Waals surface area contributed by atoms with Gasteiger partial charge in [-0.3, -0.25) is 4.98 Å². The molecule has 0 aliphatic carbocycles. The van der Waals surface area contributed by atoms with E-state index in [0.29, 0.717) is 66.0 Å². The van der Waals surface area contributed by atoms with Crippen molar-refractivity contribution in [3.8, 4) is 11.6 Å². The summed E-state index contributed by atoms with van der Waals surface area (Å²) in [5.74, 6) is 0.884. The number of aromatic nitrogens is 6. The number of alkyl halides is 2. The number of para-hydroxylation sites is 1. The maximum absolute atomic E-state index is 14.0. The van der Waals surface area contributed by atoms with Crippen molar-refractivity contribution in [2.45, 2.75) is 6.43 Å². The number of hydrogen-bond donors (Lipinski definition) is 2. The first kappa shape index (κ1) is 17.7. The van der Waals surface area contributed by atoms with E-state index in [4.69, 9.17) is 9.47 Å². The molecule has 3 aromatic heterocycles. The minimum atomic E-state index is -2.76. The summed E-state index contributed by atoms with van der Waals surface area (Å²) < 4.78 is 40.1. The molecule has 5 rings (SSSR count). The summed E-state index contributed by atoms with van der Waals surface area (Å²) in [5, 5.41) is 0. The number of nitrogens with one attached hydrogen (secondary N) is 2. The number of aromatic amines is 2. The first-order chi connectivity index (χ1) is 14.2. The Morgan fingerprint density at radius 2 is 2.03 bits per heavy atom. The molecule has 2 N–H and O–H groups in total. The van der Waals surface area contributed by atoms with Gasteiger partial charge >= 0.3 is 12.4 Å². The number of halogens is 2. The van der Waals surface area contributed by atoms with Crippen LogP contribution in [0.1, 0.15) is 12.2 Å². The zero-order chi connectivity index (χ0) is 20.0. The van der Waals surface area contributed by atoms with E-state index in [9.17, 15) is 8.78 Å². The minimum Gasteiger partial charge on any atom is -0.493 e. The Labute approximate surface area is 163 Å². The van der Waals surface area contributed by atoms with Crippen LogP contribution in [0.4, 0.5) is 14.7 Å². The number of methoxy groups -OCH3 is 1. The minimum absolute atomic E-state index is 0.295. The lowest BCUT2D eigenvalue weighted by molar-refractivity contribution is -0.585. The van der Waals surface area contributed by atoms with Crippen LogP contribution in [0, 0.1) is 0 Å². The van der Waals surface area contributed by atoms with Gasteiger partial charge in [-0.2, -0.15) is 18.3 Å². The number of nitrogens with zero attached hydrogens (tertiary/aromatic N) is 5. The number of rotatable bonds is 4. The van der Waals surface area contributed by atoms with Crippen molar-refractivity contribution < 1.29 is 22.8 Å². The number of fused-ring (bicyclic) bond motifs is 2. The number of hydrogen-bond acceptors (Lipinski definition) is 6. The van der Waals surface area contributed by atoms with Crippen molar-refractivity contribution in [3.63, 3.8) is 0 Å². The lowest BCUT2D eigenvalue weighted by Gasteiger charge is -2.25. The summed E-state index contributed by atoms with van der Waals surface area (Å²) in [5.41, 5.74) is 1.85. The van der Waals surface area contributed by atoms with E-state index in [1.165, 1.54) is 18.0 Å². The van der Waals surface area contributed by atoms with Gasteiger partial charge in [-0.25, -0.2) is 4.98 Å². The molecule has 11 heteroatoms. The van der Waals surface area contributed by atoms with Crippen LogP contribution in [0.3, 0.4) is 0 Å². The molecule has 0 unspecified atom stereocenters. The molecule has 0 spiro atoms. The lowest BCUT2D eigenvalue weighted by atomic mass is 10.3.